The minimum Gasteiger partial charge on any atom is -0.398 e. The van der Waals surface area contributed by atoms with Gasteiger partial charge in [-0.05, 0) is 50.8 Å². The van der Waals surface area contributed by atoms with E-state index in [2.05, 4.69) is 16.0 Å². The molecule has 0 aliphatic carbocycles. The summed E-state index contributed by atoms with van der Waals surface area (Å²) in [5.41, 5.74) is 13.9. The van der Waals surface area contributed by atoms with Crippen LogP contribution in [0.4, 0.5) is 0 Å². The number of allylic oxidation sites excluding steroid dienone is 1. The Balaban J connectivity index is 0.000000976. The van der Waals surface area contributed by atoms with Crippen LogP contribution in [-0.4, -0.2) is 33.5 Å². The molecule has 0 amide bonds. The number of aryl methyl sites for hydroxylation is 1. The lowest BCUT2D eigenvalue weighted by molar-refractivity contribution is 0.104. The van der Waals surface area contributed by atoms with Gasteiger partial charge in [-0.3, -0.25) is 19.1 Å². The van der Waals surface area contributed by atoms with Gasteiger partial charge in [-0.15, -0.1) is 0 Å². The SMILES string of the molecule is C1CCOC1.Cc1ncc(-c2ccc(=O)n(C(C)(C)C#N)c2)nc1C(=O)C=C(N)c1ccc(CN)cc1.[HH].[HH]. The molecule has 0 unspecified atom stereocenters. The molecule has 0 saturated carbocycles. The summed E-state index contributed by atoms with van der Waals surface area (Å²) in [5.74, 6) is -0.386. The number of carbonyl (C=O) groups is 1. The molecule has 2 aromatic heterocycles. The third kappa shape index (κ3) is 6.97. The Labute approximate surface area is 219 Å². The minimum absolute atomic E-state index is 0. The third-order valence-corrected chi connectivity index (χ3v) is 5.91. The molecule has 1 aliphatic heterocycles. The maximum Gasteiger partial charge on any atom is 0.251 e. The lowest BCUT2D eigenvalue weighted by Gasteiger charge is -2.19. The number of carbonyl (C=O) groups excluding carboxylic acids is 1. The monoisotopic (exact) mass is 504 g/mol. The second-order valence-corrected chi connectivity index (χ2v) is 9.17. The third-order valence-electron chi connectivity index (χ3n) is 5.91. The second-order valence-electron chi connectivity index (χ2n) is 9.17. The van der Waals surface area contributed by atoms with Crippen LogP contribution < -0.4 is 17.0 Å². The molecule has 3 aromatic rings. The van der Waals surface area contributed by atoms with E-state index in [-0.39, 0.29) is 19.9 Å². The molecule has 0 atom stereocenters. The number of nitrogens with zero attached hydrogens (tertiary/aromatic N) is 4. The number of hydrogen-bond donors (Lipinski definition) is 2. The van der Waals surface area contributed by atoms with Crippen molar-refractivity contribution < 1.29 is 12.4 Å². The molecular weight excluding hydrogens is 468 g/mol. The Morgan fingerprint density at radius 3 is 2.46 bits per heavy atom. The van der Waals surface area contributed by atoms with Gasteiger partial charge in [-0.25, -0.2) is 4.98 Å². The van der Waals surface area contributed by atoms with E-state index in [9.17, 15) is 14.9 Å². The first-order valence-corrected chi connectivity index (χ1v) is 12.0. The molecular formula is C28H36N6O3. The predicted molar refractivity (Wildman–Crippen MR) is 147 cm³/mol. The largest absolute Gasteiger partial charge is 0.398 e. The number of benzene rings is 1. The molecule has 37 heavy (non-hydrogen) atoms. The van der Waals surface area contributed by atoms with Crippen molar-refractivity contribution in [3.63, 3.8) is 0 Å². The fraction of sp³-hybridized carbons (Fsp3) is 0.321. The number of pyridine rings is 1. The van der Waals surface area contributed by atoms with Gasteiger partial charge < -0.3 is 16.2 Å². The zero-order valence-corrected chi connectivity index (χ0v) is 21.4. The molecule has 4 rings (SSSR count). The van der Waals surface area contributed by atoms with Gasteiger partial charge >= 0.3 is 0 Å². The summed E-state index contributed by atoms with van der Waals surface area (Å²) in [7, 11) is 0. The maximum absolute atomic E-state index is 12.9. The fourth-order valence-electron chi connectivity index (χ4n) is 3.59. The van der Waals surface area contributed by atoms with E-state index in [4.69, 9.17) is 16.2 Å². The maximum atomic E-state index is 12.9. The highest BCUT2D eigenvalue weighted by molar-refractivity contribution is 6.07. The average Bonchev–Trinajstić information content (AvgIpc) is 3.49. The minimum atomic E-state index is -1.04. The van der Waals surface area contributed by atoms with E-state index in [0.29, 0.717) is 34.8 Å². The van der Waals surface area contributed by atoms with Crippen LogP contribution in [-0.2, 0) is 16.8 Å². The van der Waals surface area contributed by atoms with Gasteiger partial charge in [0.15, 0.2) is 0 Å². The van der Waals surface area contributed by atoms with Crippen molar-refractivity contribution >= 4 is 11.5 Å². The van der Waals surface area contributed by atoms with E-state index in [0.717, 1.165) is 18.8 Å². The number of rotatable bonds is 6. The van der Waals surface area contributed by atoms with Crippen molar-refractivity contribution in [3.8, 4) is 17.3 Å². The van der Waals surface area contributed by atoms with Crippen molar-refractivity contribution in [3.05, 3.63) is 87.7 Å². The molecule has 4 N–H and O–H groups in total. The van der Waals surface area contributed by atoms with Crippen LogP contribution in [0.15, 0.2) is 59.7 Å². The van der Waals surface area contributed by atoms with Crippen molar-refractivity contribution in [2.45, 2.75) is 45.7 Å². The Morgan fingerprint density at radius 2 is 1.89 bits per heavy atom. The van der Waals surface area contributed by atoms with Gasteiger partial charge in [0.2, 0.25) is 5.78 Å². The zero-order chi connectivity index (χ0) is 27.0. The highest BCUT2D eigenvalue weighted by Gasteiger charge is 2.21. The first-order chi connectivity index (χ1) is 17.7. The van der Waals surface area contributed by atoms with Crippen LogP contribution in [0.1, 0.15) is 56.9 Å². The average molecular weight is 505 g/mol. The Hall–Kier alpha value is -4.13. The lowest BCUT2D eigenvalue weighted by Crippen LogP contribution is -2.34. The van der Waals surface area contributed by atoms with E-state index >= 15 is 0 Å². The van der Waals surface area contributed by atoms with Gasteiger partial charge in [-0.2, -0.15) is 5.26 Å². The highest BCUT2D eigenvalue weighted by atomic mass is 16.5. The Bertz CT molecular complexity index is 1380. The molecule has 9 nitrogen and oxygen atoms in total. The first kappa shape index (κ1) is 27.5. The van der Waals surface area contributed by atoms with Crippen LogP contribution in [0.25, 0.3) is 17.0 Å². The van der Waals surface area contributed by atoms with Gasteiger partial charge in [-0.1, -0.05) is 24.3 Å². The summed E-state index contributed by atoms with van der Waals surface area (Å²) in [5, 5.41) is 9.39. The van der Waals surface area contributed by atoms with E-state index in [1.165, 1.54) is 35.7 Å². The number of aromatic nitrogens is 3. The lowest BCUT2D eigenvalue weighted by atomic mass is 10.1. The molecule has 1 aliphatic rings. The van der Waals surface area contributed by atoms with Gasteiger partial charge in [0.05, 0.1) is 23.7 Å². The molecule has 1 saturated heterocycles. The van der Waals surface area contributed by atoms with Crippen LogP contribution >= 0.6 is 0 Å². The molecule has 0 bridgehead atoms. The van der Waals surface area contributed by atoms with E-state index in [1.807, 2.05) is 12.1 Å². The van der Waals surface area contributed by atoms with Gasteiger partial charge in [0.25, 0.3) is 5.56 Å². The summed E-state index contributed by atoms with van der Waals surface area (Å²) in [4.78, 5) is 33.9. The standard InChI is InChI=1S/C24H24N6O2.C4H8O.2H2/c1-15-23(21(31)10-19(27)17-6-4-16(11-25)5-7-17)29-20(12-28-15)18-8-9-22(32)30(13-18)24(2,3)14-26;1-2-4-5-3-1;;/h4-10,12-13H,11,25,27H2,1-3H3;1-4H2;2*1H. The van der Waals surface area contributed by atoms with Crippen molar-refractivity contribution in [1.82, 2.24) is 14.5 Å². The van der Waals surface area contributed by atoms with Crippen molar-refractivity contribution in [2.24, 2.45) is 11.5 Å². The number of ketones is 1. The van der Waals surface area contributed by atoms with Crippen molar-refractivity contribution in [1.29, 1.82) is 5.26 Å². The first-order valence-electron chi connectivity index (χ1n) is 12.0. The quantitative estimate of drug-likeness (QED) is 0.380. The molecule has 9 heteroatoms. The molecule has 1 aromatic carbocycles. The zero-order valence-electron chi connectivity index (χ0n) is 21.4. The van der Waals surface area contributed by atoms with Gasteiger partial charge in [0, 0.05) is 52.2 Å². The second kappa shape index (κ2) is 12.2. The molecule has 0 spiro atoms. The number of ether oxygens (including phenoxy) is 1. The number of hydrogen-bond acceptors (Lipinski definition) is 8. The molecule has 1 fully saturated rings. The Morgan fingerprint density at radius 1 is 1.22 bits per heavy atom. The van der Waals surface area contributed by atoms with E-state index < -0.39 is 5.54 Å². The smallest absolute Gasteiger partial charge is 0.251 e. The van der Waals surface area contributed by atoms with Crippen LogP contribution in [0, 0.1) is 18.3 Å². The summed E-state index contributed by atoms with van der Waals surface area (Å²) in [6.45, 7) is 7.39. The molecule has 0 radical (unpaired) electrons. The summed E-state index contributed by atoms with van der Waals surface area (Å²) in [6.07, 6.45) is 6.94. The highest BCUT2D eigenvalue weighted by Crippen LogP contribution is 2.20. The molecule has 3 heterocycles. The topological polar surface area (TPSA) is 150 Å². The van der Waals surface area contributed by atoms with E-state index in [1.54, 1.807) is 45.2 Å². The Kier molecular flexibility index (Phi) is 9.06. The normalized spacial score (nSPS) is 13.4. The summed E-state index contributed by atoms with van der Waals surface area (Å²) in [6, 6.07) is 12.4. The fourth-order valence-corrected chi connectivity index (χ4v) is 3.59. The summed E-state index contributed by atoms with van der Waals surface area (Å²) < 4.78 is 6.27. The predicted octanol–water partition coefficient (Wildman–Crippen LogP) is 3.80. The number of nitriles is 1. The van der Waals surface area contributed by atoms with Crippen LogP contribution in [0.3, 0.4) is 0 Å². The van der Waals surface area contributed by atoms with Gasteiger partial charge in [0.1, 0.15) is 11.2 Å². The summed E-state index contributed by atoms with van der Waals surface area (Å²) >= 11 is 0. The van der Waals surface area contributed by atoms with Crippen molar-refractivity contribution in [2.75, 3.05) is 13.2 Å². The number of nitrogens with two attached hydrogens (primary N) is 2. The van der Waals surface area contributed by atoms with Crippen LogP contribution in [0.5, 0.6) is 0 Å². The van der Waals surface area contributed by atoms with Crippen LogP contribution in [0.2, 0.25) is 0 Å². The molecule has 196 valence electrons.